The predicted octanol–water partition coefficient (Wildman–Crippen LogP) is 3.88. The number of carboxylic acids is 1. The van der Waals surface area contributed by atoms with Crippen molar-refractivity contribution in [1.82, 2.24) is 4.98 Å². The molecule has 0 spiro atoms. The summed E-state index contributed by atoms with van der Waals surface area (Å²) in [5.41, 5.74) is 6.84. The quantitative estimate of drug-likeness (QED) is 0.874. The van der Waals surface area contributed by atoms with Crippen LogP contribution in [0.4, 0.5) is 10.2 Å². The molecule has 1 aromatic heterocycles. The number of carboxylic acid groups (broad SMARTS) is 1. The Balaban J connectivity index is 2.74. The van der Waals surface area contributed by atoms with Gasteiger partial charge in [-0.05, 0) is 24.6 Å². The van der Waals surface area contributed by atoms with Gasteiger partial charge in [-0.15, -0.1) is 0 Å². The fourth-order valence-corrected chi connectivity index (χ4v) is 2.67. The fraction of sp³-hybridized carbons (Fsp3) is 0.235. The number of carbonyl (C=O) groups is 1. The van der Waals surface area contributed by atoms with Crippen molar-refractivity contribution in [2.45, 2.75) is 26.2 Å². The van der Waals surface area contributed by atoms with E-state index in [1.807, 2.05) is 6.07 Å². The molecule has 2 rings (SSSR count). The molecule has 0 fully saturated rings. The number of anilines is 1. The minimum atomic E-state index is -0.992. The minimum Gasteiger partial charge on any atom is -0.481 e. The normalized spacial score (nSPS) is 11.8. The maximum Gasteiger partial charge on any atom is 0.304 e. The second-order valence-corrected chi connectivity index (χ2v) is 5.93. The summed E-state index contributed by atoms with van der Waals surface area (Å²) in [7, 11) is 0. The smallest absolute Gasteiger partial charge is 0.304 e. The summed E-state index contributed by atoms with van der Waals surface area (Å²) in [5, 5.41) is 18.4. The second-order valence-electron chi connectivity index (χ2n) is 5.52. The lowest BCUT2D eigenvalue weighted by Crippen LogP contribution is -2.08. The molecule has 0 aliphatic heterocycles. The first-order chi connectivity index (χ1) is 11.3. The van der Waals surface area contributed by atoms with Crippen LogP contribution in [0.25, 0.3) is 11.1 Å². The van der Waals surface area contributed by atoms with Crippen LogP contribution in [0.3, 0.4) is 0 Å². The van der Waals surface area contributed by atoms with Gasteiger partial charge in [-0.25, -0.2) is 9.37 Å². The van der Waals surface area contributed by atoms with Gasteiger partial charge in [0, 0.05) is 22.7 Å². The second kappa shape index (κ2) is 6.85. The molecule has 0 saturated heterocycles. The molecular weight excluding hydrogens is 333 g/mol. The lowest BCUT2D eigenvalue weighted by molar-refractivity contribution is -0.137. The summed E-state index contributed by atoms with van der Waals surface area (Å²) >= 11 is 6.13. The number of nitrogen functional groups attached to an aromatic ring is 1. The standard InChI is InChI=1S/C17H15ClFN3O2/c1-8-3-4-12(18)15(16(8)19)10-6-13(9(2)5-14(23)24)22-17(21)11(10)7-20/h3-4,6,9H,5H2,1-2H3,(H2,21,22)(H,23,24). The molecule has 0 aliphatic carbocycles. The van der Waals surface area contributed by atoms with E-state index in [9.17, 15) is 14.4 Å². The van der Waals surface area contributed by atoms with Crippen molar-refractivity contribution in [2.24, 2.45) is 0 Å². The molecule has 0 amide bonds. The zero-order chi connectivity index (χ0) is 18.0. The van der Waals surface area contributed by atoms with E-state index in [4.69, 9.17) is 22.4 Å². The van der Waals surface area contributed by atoms with Crippen LogP contribution in [0.2, 0.25) is 5.02 Å². The topological polar surface area (TPSA) is 100 Å². The van der Waals surface area contributed by atoms with Gasteiger partial charge in [0.1, 0.15) is 23.3 Å². The van der Waals surface area contributed by atoms with Gasteiger partial charge in [0.15, 0.2) is 0 Å². The zero-order valence-corrected chi connectivity index (χ0v) is 13.9. The molecule has 0 saturated carbocycles. The van der Waals surface area contributed by atoms with Crippen LogP contribution in [0.15, 0.2) is 18.2 Å². The van der Waals surface area contributed by atoms with E-state index in [-0.39, 0.29) is 34.0 Å². The number of nitriles is 1. The van der Waals surface area contributed by atoms with E-state index in [0.717, 1.165) is 0 Å². The molecule has 124 valence electrons. The summed E-state index contributed by atoms with van der Waals surface area (Å²) in [6, 6.07) is 6.46. The van der Waals surface area contributed by atoms with Gasteiger partial charge in [0.25, 0.3) is 0 Å². The zero-order valence-electron chi connectivity index (χ0n) is 13.1. The number of hydrogen-bond acceptors (Lipinski definition) is 4. The summed E-state index contributed by atoms with van der Waals surface area (Å²) in [5.74, 6) is -2.09. The largest absolute Gasteiger partial charge is 0.481 e. The molecule has 0 radical (unpaired) electrons. The molecule has 2 aromatic rings. The molecule has 1 aromatic carbocycles. The minimum absolute atomic E-state index is 0.00711. The predicted molar refractivity (Wildman–Crippen MR) is 89.2 cm³/mol. The van der Waals surface area contributed by atoms with Crippen molar-refractivity contribution in [1.29, 1.82) is 5.26 Å². The van der Waals surface area contributed by atoms with Crippen molar-refractivity contribution in [2.75, 3.05) is 5.73 Å². The molecule has 3 N–H and O–H groups in total. The highest BCUT2D eigenvalue weighted by atomic mass is 35.5. The van der Waals surface area contributed by atoms with Crippen LogP contribution >= 0.6 is 11.6 Å². The number of hydrogen-bond donors (Lipinski definition) is 2. The number of benzene rings is 1. The third-order valence-electron chi connectivity index (χ3n) is 3.72. The van der Waals surface area contributed by atoms with Gasteiger partial charge < -0.3 is 10.8 Å². The fourth-order valence-electron chi connectivity index (χ4n) is 2.42. The monoisotopic (exact) mass is 347 g/mol. The first kappa shape index (κ1) is 17.7. The maximum absolute atomic E-state index is 14.6. The number of rotatable bonds is 4. The number of nitrogens with two attached hydrogens (primary N) is 1. The number of aromatic nitrogens is 1. The van der Waals surface area contributed by atoms with Crippen molar-refractivity contribution < 1.29 is 14.3 Å². The number of halogens is 2. The Hall–Kier alpha value is -2.65. The summed E-state index contributed by atoms with van der Waals surface area (Å²) in [6.45, 7) is 3.25. The molecule has 7 heteroatoms. The lowest BCUT2D eigenvalue weighted by Gasteiger charge is -2.15. The highest BCUT2D eigenvalue weighted by molar-refractivity contribution is 6.33. The maximum atomic E-state index is 14.6. The lowest BCUT2D eigenvalue weighted by atomic mass is 9.94. The highest BCUT2D eigenvalue weighted by Crippen LogP contribution is 2.37. The van der Waals surface area contributed by atoms with Crippen molar-refractivity contribution in [3.8, 4) is 17.2 Å². The molecule has 0 aliphatic rings. The van der Waals surface area contributed by atoms with E-state index >= 15 is 0 Å². The first-order valence-electron chi connectivity index (χ1n) is 7.13. The Morgan fingerprint density at radius 1 is 1.54 bits per heavy atom. The summed E-state index contributed by atoms with van der Waals surface area (Å²) < 4.78 is 14.6. The Kier molecular flexibility index (Phi) is 5.05. The third kappa shape index (κ3) is 3.31. The van der Waals surface area contributed by atoms with Crippen LogP contribution in [0.5, 0.6) is 0 Å². The van der Waals surface area contributed by atoms with Crippen LogP contribution < -0.4 is 5.73 Å². The number of aliphatic carboxylic acids is 1. The number of nitrogens with zero attached hydrogens (tertiary/aromatic N) is 2. The van der Waals surface area contributed by atoms with Gasteiger partial charge in [-0.2, -0.15) is 5.26 Å². The molecule has 1 heterocycles. The van der Waals surface area contributed by atoms with Crippen molar-refractivity contribution in [3.05, 3.63) is 45.9 Å². The van der Waals surface area contributed by atoms with E-state index < -0.39 is 17.7 Å². The Labute approximate surface area is 143 Å². The van der Waals surface area contributed by atoms with Gasteiger partial charge in [-0.3, -0.25) is 4.79 Å². The average molecular weight is 348 g/mol. The molecule has 0 bridgehead atoms. The van der Waals surface area contributed by atoms with Gasteiger partial charge in [0.05, 0.1) is 11.4 Å². The van der Waals surface area contributed by atoms with Crippen LogP contribution in [-0.2, 0) is 4.79 Å². The number of pyridine rings is 1. The third-order valence-corrected chi connectivity index (χ3v) is 4.03. The highest BCUT2D eigenvalue weighted by Gasteiger charge is 2.21. The molecule has 1 unspecified atom stereocenters. The Bertz CT molecular complexity index is 862. The van der Waals surface area contributed by atoms with Gasteiger partial charge in [-0.1, -0.05) is 24.6 Å². The van der Waals surface area contributed by atoms with Gasteiger partial charge in [0.2, 0.25) is 0 Å². The SMILES string of the molecule is Cc1ccc(Cl)c(-c2cc(C(C)CC(=O)O)nc(N)c2C#N)c1F. The molecular formula is C17H15ClFN3O2. The Morgan fingerprint density at radius 3 is 2.79 bits per heavy atom. The summed E-state index contributed by atoms with van der Waals surface area (Å²) in [4.78, 5) is 15.0. The van der Waals surface area contributed by atoms with Crippen molar-refractivity contribution in [3.63, 3.8) is 0 Å². The molecule has 1 atom stereocenters. The Morgan fingerprint density at radius 2 is 2.21 bits per heavy atom. The van der Waals surface area contributed by atoms with E-state index in [1.54, 1.807) is 13.8 Å². The van der Waals surface area contributed by atoms with E-state index in [2.05, 4.69) is 4.98 Å². The average Bonchev–Trinajstić information content (AvgIpc) is 2.50. The first-order valence-corrected chi connectivity index (χ1v) is 7.51. The van der Waals surface area contributed by atoms with Gasteiger partial charge >= 0.3 is 5.97 Å². The van der Waals surface area contributed by atoms with Crippen LogP contribution in [0.1, 0.15) is 36.1 Å². The van der Waals surface area contributed by atoms with Crippen LogP contribution in [0, 0.1) is 24.1 Å². The van der Waals surface area contributed by atoms with Crippen LogP contribution in [-0.4, -0.2) is 16.1 Å². The summed E-state index contributed by atoms with van der Waals surface area (Å²) in [6.07, 6.45) is -0.165. The number of aryl methyl sites for hydroxylation is 1. The molecule has 5 nitrogen and oxygen atoms in total. The van der Waals surface area contributed by atoms with E-state index in [0.29, 0.717) is 11.3 Å². The van der Waals surface area contributed by atoms with Crippen molar-refractivity contribution >= 4 is 23.4 Å². The molecule has 24 heavy (non-hydrogen) atoms. The van der Waals surface area contributed by atoms with E-state index in [1.165, 1.54) is 18.2 Å².